The third kappa shape index (κ3) is 5.42. The molecule has 1 aliphatic heterocycles. The number of carbonyl (C=O) groups is 1. The standard InChI is InChI=1S/C16H25N7O5/c1-9-7-23(16(26)20-14(9)24)13-6-11(21-22-19)12(28-13)8-27-15(25)10(18)4-2-3-5-17/h7,10-13H,2-6,8,17-18H2,1H3,(H,20,24,26)/t10-,11-,12+,13+/m0/s1. The fourth-order valence-electron chi connectivity index (χ4n) is 2.92. The van der Waals surface area contributed by atoms with Crippen molar-refractivity contribution in [3.63, 3.8) is 0 Å². The number of nitrogens with one attached hydrogen (secondary N) is 1. The van der Waals surface area contributed by atoms with Crippen molar-refractivity contribution in [1.29, 1.82) is 0 Å². The minimum absolute atomic E-state index is 0.166. The van der Waals surface area contributed by atoms with Gasteiger partial charge in [-0.25, -0.2) is 4.79 Å². The Labute approximate surface area is 160 Å². The van der Waals surface area contributed by atoms with Gasteiger partial charge in [0.15, 0.2) is 0 Å². The van der Waals surface area contributed by atoms with E-state index in [-0.39, 0.29) is 13.0 Å². The van der Waals surface area contributed by atoms with Crippen molar-refractivity contribution in [3.8, 4) is 0 Å². The molecule has 12 heteroatoms. The summed E-state index contributed by atoms with van der Waals surface area (Å²) in [4.78, 5) is 40.6. The summed E-state index contributed by atoms with van der Waals surface area (Å²) in [7, 11) is 0. The van der Waals surface area contributed by atoms with E-state index in [1.165, 1.54) is 10.8 Å². The summed E-state index contributed by atoms with van der Waals surface area (Å²) >= 11 is 0. The number of H-pyrrole nitrogens is 1. The molecule has 0 spiro atoms. The Kier molecular flexibility index (Phi) is 7.76. The fraction of sp³-hybridized carbons (Fsp3) is 0.688. The molecule has 2 rings (SSSR count). The van der Waals surface area contributed by atoms with Crippen LogP contribution in [0.15, 0.2) is 20.9 Å². The van der Waals surface area contributed by atoms with Gasteiger partial charge >= 0.3 is 11.7 Å². The van der Waals surface area contributed by atoms with Crippen molar-refractivity contribution < 1.29 is 14.3 Å². The van der Waals surface area contributed by atoms with E-state index >= 15 is 0 Å². The van der Waals surface area contributed by atoms with E-state index in [0.29, 0.717) is 24.9 Å². The molecule has 28 heavy (non-hydrogen) atoms. The van der Waals surface area contributed by atoms with Crippen LogP contribution < -0.4 is 22.7 Å². The van der Waals surface area contributed by atoms with Crippen molar-refractivity contribution in [1.82, 2.24) is 9.55 Å². The molecule has 1 aromatic rings. The third-order valence-corrected chi connectivity index (χ3v) is 4.52. The lowest BCUT2D eigenvalue weighted by Crippen LogP contribution is -2.36. The van der Waals surface area contributed by atoms with E-state index in [0.717, 1.165) is 6.42 Å². The van der Waals surface area contributed by atoms with Gasteiger partial charge in [0.2, 0.25) is 0 Å². The van der Waals surface area contributed by atoms with E-state index in [2.05, 4.69) is 15.0 Å². The Balaban J connectivity index is 2.03. The Morgan fingerprint density at radius 1 is 1.54 bits per heavy atom. The molecule has 0 saturated carbocycles. The monoisotopic (exact) mass is 395 g/mol. The zero-order chi connectivity index (χ0) is 20.7. The number of aromatic nitrogens is 2. The highest BCUT2D eigenvalue weighted by Crippen LogP contribution is 2.30. The molecule has 1 fully saturated rings. The molecule has 12 nitrogen and oxygen atoms in total. The van der Waals surface area contributed by atoms with E-state index in [4.69, 9.17) is 26.5 Å². The quantitative estimate of drug-likeness (QED) is 0.169. The second kappa shape index (κ2) is 10.0. The van der Waals surface area contributed by atoms with E-state index in [9.17, 15) is 14.4 Å². The van der Waals surface area contributed by atoms with Crippen LogP contribution in [0, 0.1) is 6.92 Å². The van der Waals surface area contributed by atoms with Gasteiger partial charge in [0.1, 0.15) is 25.0 Å². The van der Waals surface area contributed by atoms with Gasteiger partial charge < -0.3 is 20.9 Å². The lowest BCUT2D eigenvalue weighted by molar-refractivity contribution is -0.150. The zero-order valence-corrected chi connectivity index (χ0v) is 15.6. The molecule has 0 radical (unpaired) electrons. The van der Waals surface area contributed by atoms with Gasteiger partial charge in [-0.2, -0.15) is 0 Å². The number of esters is 1. The molecule has 0 aliphatic carbocycles. The summed E-state index contributed by atoms with van der Waals surface area (Å²) in [5.74, 6) is -0.583. The number of aryl methyl sites for hydroxylation is 1. The van der Waals surface area contributed by atoms with Crippen LogP contribution in [0.3, 0.4) is 0 Å². The first-order valence-corrected chi connectivity index (χ1v) is 9.01. The zero-order valence-electron chi connectivity index (χ0n) is 15.6. The molecule has 4 atom stereocenters. The van der Waals surface area contributed by atoms with Gasteiger partial charge in [-0.05, 0) is 31.8 Å². The highest BCUT2D eigenvalue weighted by atomic mass is 16.6. The second-order valence-electron chi connectivity index (χ2n) is 6.64. The fourth-order valence-corrected chi connectivity index (χ4v) is 2.92. The summed E-state index contributed by atoms with van der Waals surface area (Å²) in [5, 5.41) is 3.67. The predicted octanol–water partition coefficient (Wildman–Crippen LogP) is -0.189. The Morgan fingerprint density at radius 2 is 2.29 bits per heavy atom. The molecule has 0 aromatic carbocycles. The minimum atomic E-state index is -0.772. The van der Waals surface area contributed by atoms with Gasteiger partial charge in [-0.1, -0.05) is 11.5 Å². The third-order valence-electron chi connectivity index (χ3n) is 4.52. The average Bonchev–Trinajstić information content (AvgIpc) is 3.05. The number of hydrogen-bond donors (Lipinski definition) is 3. The predicted molar refractivity (Wildman–Crippen MR) is 99.4 cm³/mol. The number of unbranched alkanes of at least 4 members (excludes halogenated alkanes) is 1. The van der Waals surface area contributed by atoms with Crippen LogP contribution in [0.1, 0.15) is 37.5 Å². The normalized spacial score (nSPS) is 22.5. The molecule has 0 amide bonds. The number of aromatic amines is 1. The summed E-state index contributed by atoms with van der Waals surface area (Å²) in [5.41, 5.74) is 19.2. The molecule has 0 bridgehead atoms. The van der Waals surface area contributed by atoms with Crippen molar-refractivity contribution in [2.75, 3.05) is 13.2 Å². The topological polar surface area (TPSA) is 191 Å². The summed E-state index contributed by atoms with van der Waals surface area (Å²) in [6.45, 7) is 1.91. The molecule has 1 aromatic heterocycles. The maximum atomic E-state index is 12.0. The Morgan fingerprint density at radius 3 is 2.96 bits per heavy atom. The number of azide groups is 1. The Hall–Kier alpha value is -2.66. The van der Waals surface area contributed by atoms with E-state index in [1.807, 2.05) is 0 Å². The number of hydrogen-bond acceptors (Lipinski definition) is 8. The van der Waals surface area contributed by atoms with Gasteiger partial charge in [-0.15, -0.1) is 0 Å². The van der Waals surface area contributed by atoms with Crippen molar-refractivity contribution >= 4 is 5.97 Å². The van der Waals surface area contributed by atoms with Gasteiger partial charge in [0.05, 0.1) is 6.04 Å². The first-order valence-electron chi connectivity index (χ1n) is 9.01. The maximum Gasteiger partial charge on any atom is 0.330 e. The van der Waals surface area contributed by atoms with Crippen LogP contribution in [-0.2, 0) is 14.3 Å². The van der Waals surface area contributed by atoms with E-state index in [1.54, 1.807) is 6.92 Å². The molecule has 1 aliphatic rings. The number of carbonyl (C=O) groups excluding carboxylic acids is 1. The molecule has 0 unspecified atom stereocenters. The number of nitrogens with zero attached hydrogens (tertiary/aromatic N) is 4. The summed E-state index contributed by atoms with van der Waals surface area (Å²) in [6.07, 6.45) is 2.00. The lowest BCUT2D eigenvalue weighted by Gasteiger charge is -2.18. The first-order chi connectivity index (χ1) is 13.4. The van der Waals surface area contributed by atoms with Crippen LogP contribution in [-0.4, -0.2) is 46.9 Å². The molecular formula is C16H25N7O5. The SMILES string of the molecule is Cc1cn([C@H]2C[C@H](N=[N+]=[N-])[C@@H](COC(=O)[C@@H](N)CCCCN)O2)c(=O)[nH]c1=O. The van der Waals surface area contributed by atoms with E-state index < -0.39 is 41.6 Å². The molecule has 1 saturated heterocycles. The average molecular weight is 395 g/mol. The van der Waals surface area contributed by atoms with Crippen LogP contribution in [0.25, 0.3) is 10.4 Å². The first kappa shape index (κ1) is 21.6. The van der Waals surface area contributed by atoms with Crippen LogP contribution in [0.5, 0.6) is 0 Å². The van der Waals surface area contributed by atoms with Crippen molar-refractivity contribution in [2.45, 2.75) is 57.0 Å². The minimum Gasteiger partial charge on any atom is -0.462 e. The Bertz CT molecular complexity index is 845. The van der Waals surface area contributed by atoms with Crippen LogP contribution in [0.2, 0.25) is 0 Å². The highest BCUT2D eigenvalue weighted by Gasteiger charge is 2.37. The summed E-state index contributed by atoms with van der Waals surface area (Å²) in [6, 6.07) is -1.42. The number of rotatable bonds is 9. The molecule has 5 N–H and O–H groups in total. The van der Waals surface area contributed by atoms with Crippen LogP contribution >= 0.6 is 0 Å². The smallest absolute Gasteiger partial charge is 0.330 e. The lowest BCUT2D eigenvalue weighted by atomic mass is 10.1. The second-order valence-corrected chi connectivity index (χ2v) is 6.64. The largest absolute Gasteiger partial charge is 0.462 e. The maximum absolute atomic E-state index is 12.0. The number of nitrogens with two attached hydrogens (primary N) is 2. The van der Waals surface area contributed by atoms with Gasteiger partial charge in [0.25, 0.3) is 5.56 Å². The van der Waals surface area contributed by atoms with Crippen LogP contribution in [0.4, 0.5) is 0 Å². The van der Waals surface area contributed by atoms with Gasteiger partial charge in [0, 0.05) is 23.1 Å². The summed E-state index contributed by atoms with van der Waals surface area (Å²) < 4.78 is 12.2. The van der Waals surface area contributed by atoms with Crippen molar-refractivity contribution in [3.05, 3.63) is 43.0 Å². The van der Waals surface area contributed by atoms with Gasteiger partial charge in [-0.3, -0.25) is 19.1 Å². The highest BCUT2D eigenvalue weighted by molar-refractivity contribution is 5.75. The number of ether oxygens (including phenoxy) is 2. The molecule has 2 heterocycles. The van der Waals surface area contributed by atoms with Crippen molar-refractivity contribution in [2.24, 2.45) is 16.6 Å². The molecular weight excluding hydrogens is 370 g/mol. The molecule has 154 valence electrons.